The largest absolute Gasteiger partial charge is 0.364 e. The number of carbonyl (C=O) groups is 2. The Hall–Kier alpha value is -2.63. The molecule has 0 saturated heterocycles. The topological polar surface area (TPSA) is 104 Å². The lowest BCUT2D eigenvalue weighted by molar-refractivity contribution is 0.0982. The third-order valence-corrected chi connectivity index (χ3v) is 3.26. The first-order valence-corrected chi connectivity index (χ1v) is 6.17. The molecule has 1 aromatic heterocycles. The smallest absolute Gasteiger partial charge is 0.269 e. The first-order chi connectivity index (χ1) is 9.43. The molecule has 104 valence electrons. The van der Waals surface area contributed by atoms with Crippen molar-refractivity contribution in [1.82, 2.24) is 9.78 Å². The fourth-order valence-electron chi connectivity index (χ4n) is 2.20. The summed E-state index contributed by atoms with van der Waals surface area (Å²) >= 11 is 0. The zero-order valence-electron chi connectivity index (χ0n) is 11.3. The molecule has 0 aliphatic rings. The maximum atomic E-state index is 11.6. The summed E-state index contributed by atoms with van der Waals surface area (Å²) in [6.07, 6.45) is 0. The van der Waals surface area contributed by atoms with E-state index in [1.54, 1.807) is 6.92 Å². The molecule has 0 saturated carbocycles. The highest BCUT2D eigenvalue weighted by Gasteiger charge is 2.24. The molecule has 1 aromatic carbocycles. The molecule has 0 aliphatic carbocycles. The number of hydrogen-bond donors (Lipinski definition) is 2. The Morgan fingerprint density at radius 2 is 1.75 bits per heavy atom. The highest BCUT2D eigenvalue weighted by atomic mass is 16.2. The van der Waals surface area contributed by atoms with Crippen LogP contribution < -0.4 is 11.5 Å². The molecule has 0 unspecified atom stereocenters. The Balaban J connectivity index is 2.59. The fraction of sp³-hybridized carbons (Fsp3) is 0.214. The van der Waals surface area contributed by atoms with E-state index in [4.69, 9.17) is 11.5 Å². The van der Waals surface area contributed by atoms with Gasteiger partial charge in [-0.1, -0.05) is 30.3 Å². The van der Waals surface area contributed by atoms with Crippen molar-refractivity contribution in [2.24, 2.45) is 11.5 Å². The Morgan fingerprint density at radius 1 is 1.15 bits per heavy atom. The van der Waals surface area contributed by atoms with Gasteiger partial charge in [0, 0.05) is 5.56 Å². The van der Waals surface area contributed by atoms with Crippen molar-refractivity contribution in [3.63, 3.8) is 0 Å². The molecule has 1 heterocycles. The summed E-state index contributed by atoms with van der Waals surface area (Å²) in [7, 11) is 0. The van der Waals surface area contributed by atoms with Gasteiger partial charge in [0.1, 0.15) is 5.69 Å². The van der Waals surface area contributed by atoms with Gasteiger partial charge in [-0.05, 0) is 19.4 Å². The van der Waals surface area contributed by atoms with Gasteiger partial charge in [-0.2, -0.15) is 5.10 Å². The summed E-state index contributed by atoms with van der Waals surface area (Å²) in [6, 6.07) is 9.27. The molecule has 0 radical (unpaired) electrons. The summed E-state index contributed by atoms with van der Waals surface area (Å²) in [6.45, 7) is 3.49. The average molecular weight is 272 g/mol. The van der Waals surface area contributed by atoms with E-state index < -0.39 is 11.8 Å². The van der Waals surface area contributed by atoms with Crippen molar-refractivity contribution in [3.05, 3.63) is 52.8 Å². The zero-order valence-corrected chi connectivity index (χ0v) is 11.3. The van der Waals surface area contributed by atoms with E-state index in [1.165, 1.54) is 4.68 Å². The number of nitrogens with zero attached hydrogens (tertiary/aromatic N) is 2. The van der Waals surface area contributed by atoms with Crippen molar-refractivity contribution in [1.29, 1.82) is 0 Å². The van der Waals surface area contributed by atoms with Crippen molar-refractivity contribution >= 4 is 11.8 Å². The zero-order chi connectivity index (χ0) is 14.9. The number of hydrogen-bond acceptors (Lipinski definition) is 3. The van der Waals surface area contributed by atoms with Crippen LogP contribution in [0, 0.1) is 6.92 Å². The predicted octanol–water partition coefficient (Wildman–Crippen LogP) is 0.999. The van der Waals surface area contributed by atoms with Crippen LogP contribution in [0.3, 0.4) is 0 Å². The molecule has 1 atom stereocenters. The van der Waals surface area contributed by atoms with Crippen molar-refractivity contribution in [2.75, 3.05) is 0 Å². The summed E-state index contributed by atoms with van der Waals surface area (Å²) in [5.74, 6) is -1.31. The quantitative estimate of drug-likeness (QED) is 0.867. The van der Waals surface area contributed by atoms with Gasteiger partial charge in [0.05, 0.1) is 6.04 Å². The molecular formula is C14H16N4O2. The molecule has 20 heavy (non-hydrogen) atoms. The minimum atomic E-state index is -0.677. The minimum absolute atomic E-state index is 0.0709. The second kappa shape index (κ2) is 5.16. The second-order valence-corrected chi connectivity index (χ2v) is 4.58. The molecular weight excluding hydrogens is 256 g/mol. The monoisotopic (exact) mass is 272 g/mol. The first kappa shape index (κ1) is 13.8. The summed E-state index contributed by atoms with van der Waals surface area (Å²) < 4.78 is 1.45. The van der Waals surface area contributed by atoms with Gasteiger partial charge in [-0.3, -0.25) is 14.3 Å². The molecule has 2 rings (SSSR count). The standard InChI is InChI=1S/C14H16N4O2/c1-8-11(13(15)19)17-18(12(8)14(16)20)9(2)10-6-4-3-5-7-10/h3-7,9H,1-2H3,(H2,15,19)(H2,16,20)/t9-/m1/s1. The predicted molar refractivity (Wildman–Crippen MR) is 74.3 cm³/mol. The molecule has 4 N–H and O–H groups in total. The Kier molecular flexibility index (Phi) is 3.56. The van der Waals surface area contributed by atoms with E-state index in [0.717, 1.165) is 5.56 Å². The highest BCUT2D eigenvalue weighted by molar-refractivity contribution is 5.99. The third-order valence-electron chi connectivity index (χ3n) is 3.26. The van der Waals surface area contributed by atoms with Gasteiger partial charge >= 0.3 is 0 Å². The van der Waals surface area contributed by atoms with Gasteiger partial charge < -0.3 is 11.5 Å². The van der Waals surface area contributed by atoms with E-state index in [9.17, 15) is 9.59 Å². The van der Waals surface area contributed by atoms with E-state index >= 15 is 0 Å². The summed E-state index contributed by atoms with van der Waals surface area (Å²) in [5.41, 5.74) is 12.3. The van der Waals surface area contributed by atoms with Crippen LogP contribution in [0.4, 0.5) is 0 Å². The number of amides is 2. The van der Waals surface area contributed by atoms with E-state index in [2.05, 4.69) is 5.10 Å². The lowest BCUT2D eigenvalue weighted by Gasteiger charge is -2.15. The Bertz CT molecular complexity index is 661. The maximum Gasteiger partial charge on any atom is 0.269 e. The number of nitrogens with two attached hydrogens (primary N) is 2. The molecule has 6 nitrogen and oxygen atoms in total. The van der Waals surface area contributed by atoms with Gasteiger partial charge in [0.15, 0.2) is 5.69 Å². The van der Waals surface area contributed by atoms with Gasteiger partial charge in [0.25, 0.3) is 11.8 Å². The number of aromatic nitrogens is 2. The van der Waals surface area contributed by atoms with Crippen LogP contribution in [0.2, 0.25) is 0 Å². The number of benzene rings is 1. The molecule has 6 heteroatoms. The Morgan fingerprint density at radius 3 is 2.25 bits per heavy atom. The van der Waals surface area contributed by atoms with E-state index in [1.807, 2.05) is 37.3 Å². The molecule has 0 fully saturated rings. The van der Waals surface area contributed by atoms with Crippen LogP contribution >= 0.6 is 0 Å². The van der Waals surface area contributed by atoms with E-state index in [0.29, 0.717) is 5.56 Å². The number of primary amides is 2. The number of carbonyl (C=O) groups excluding carboxylic acids is 2. The van der Waals surface area contributed by atoms with Crippen LogP contribution in [0.25, 0.3) is 0 Å². The maximum absolute atomic E-state index is 11.6. The van der Waals surface area contributed by atoms with Gasteiger partial charge in [-0.15, -0.1) is 0 Å². The van der Waals surface area contributed by atoms with Crippen molar-refractivity contribution in [2.45, 2.75) is 19.9 Å². The first-order valence-electron chi connectivity index (χ1n) is 6.17. The summed E-state index contributed by atoms with van der Waals surface area (Å²) in [4.78, 5) is 23.0. The van der Waals surface area contributed by atoms with Gasteiger partial charge in [-0.25, -0.2) is 0 Å². The normalized spacial score (nSPS) is 12.1. The van der Waals surface area contributed by atoms with Crippen molar-refractivity contribution < 1.29 is 9.59 Å². The van der Waals surface area contributed by atoms with Gasteiger partial charge in [0.2, 0.25) is 0 Å². The van der Waals surface area contributed by atoms with Crippen LogP contribution in [0.15, 0.2) is 30.3 Å². The van der Waals surface area contributed by atoms with Crippen LogP contribution in [0.5, 0.6) is 0 Å². The molecule has 0 bridgehead atoms. The minimum Gasteiger partial charge on any atom is -0.364 e. The van der Waals surface area contributed by atoms with Crippen LogP contribution in [0.1, 0.15) is 45.1 Å². The fourth-order valence-corrected chi connectivity index (χ4v) is 2.20. The van der Waals surface area contributed by atoms with E-state index in [-0.39, 0.29) is 17.4 Å². The third kappa shape index (κ3) is 2.27. The van der Waals surface area contributed by atoms with Crippen molar-refractivity contribution in [3.8, 4) is 0 Å². The molecule has 0 spiro atoms. The lowest BCUT2D eigenvalue weighted by Crippen LogP contribution is -2.21. The summed E-state index contributed by atoms with van der Waals surface area (Å²) in [5, 5.41) is 4.15. The number of rotatable bonds is 4. The Labute approximate surface area is 116 Å². The average Bonchev–Trinajstić information content (AvgIpc) is 2.76. The second-order valence-electron chi connectivity index (χ2n) is 4.58. The van der Waals surface area contributed by atoms with Crippen LogP contribution in [-0.2, 0) is 0 Å². The lowest BCUT2D eigenvalue weighted by atomic mass is 10.1. The highest BCUT2D eigenvalue weighted by Crippen LogP contribution is 2.22. The molecule has 2 aromatic rings. The molecule has 0 aliphatic heterocycles. The van der Waals surface area contributed by atoms with Crippen LogP contribution in [-0.4, -0.2) is 21.6 Å². The SMILES string of the molecule is Cc1c(C(N)=O)nn([C@H](C)c2ccccc2)c1C(N)=O. The molecule has 2 amide bonds.